The summed E-state index contributed by atoms with van der Waals surface area (Å²) in [6, 6.07) is 9.19. The number of hydrogen-bond donors (Lipinski definition) is 2. The summed E-state index contributed by atoms with van der Waals surface area (Å²) in [6.45, 7) is 3.75. The second kappa shape index (κ2) is 5.16. The number of hydrogen-bond acceptors (Lipinski definition) is 6. The van der Waals surface area contributed by atoms with E-state index in [0.29, 0.717) is 5.56 Å². The van der Waals surface area contributed by atoms with E-state index in [-0.39, 0.29) is 24.3 Å². The van der Waals surface area contributed by atoms with Gasteiger partial charge in [-0.2, -0.15) is 10.3 Å². The molecule has 0 radical (unpaired) electrons. The monoisotopic (exact) mass is 278 g/mol. The molecule has 2 rings (SSSR count). The van der Waals surface area contributed by atoms with E-state index in [1.807, 2.05) is 19.9 Å². The number of anilines is 1. The number of nitrogens with two attached hydrogens (primary N) is 2. The number of nitrogens with zero attached hydrogens (tertiary/aromatic N) is 4. The van der Waals surface area contributed by atoms with Crippen LogP contribution >= 0.6 is 12.4 Å². The smallest absolute Gasteiger partial charge is 0.220 e. The first-order chi connectivity index (χ1) is 8.44. The number of nitriles is 1. The Bertz CT molecular complexity index is 584. The molecule has 1 aliphatic heterocycles. The van der Waals surface area contributed by atoms with Crippen molar-refractivity contribution in [3.05, 3.63) is 29.8 Å². The highest BCUT2D eigenvalue weighted by atomic mass is 35.5. The second-order valence-electron chi connectivity index (χ2n) is 4.43. The minimum atomic E-state index is -0.635. The zero-order chi connectivity index (χ0) is 13.3. The van der Waals surface area contributed by atoms with Gasteiger partial charge in [0.25, 0.3) is 0 Å². The van der Waals surface area contributed by atoms with E-state index in [1.165, 1.54) is 0 Å². The largest absolute Gasteiger partial charge is 0.369 e. The standard InChI is InChI=1S/C12H14N6.ClH/c1-12(2)17-10(14)16-11(15)18(12)9-5-3-4-8(6-9)7-13;/h3-6H,1-2H3,(H4,14,15,16,17);1H. The molecule has 0 unspecified atom stereocenters. The molecule has 1 aliphatic rings. The van der Waals surface area contributed by atoms with Crippen LogP contribution in [0.4, 0.5) is 5.69 Å². The van der Waals surface area contributed by atoms with Crippen molar-refractivity contribution < 1.29 is 0 Å². The van der Waals surface area contributed by atoms with Crippen molar-refractivity contribution in [2.24, 2.45) is 21.5 Å². The molecule has 0 spiro atoms. The lowest BCUT2D eigenvalue weighted by Crippen LogP contribution is -2.54. The maximum Gasteiger partial charge on any atom is 0.220 e. The van der Waals surface area contributed by atoms with Crippen molar-refractivity contribution in [1.29, 1.82) is 5.26 Å². The summed E-state index contributed by atoms with van der Waals surface area (Å²) in [6.07, 6.45) is 0. The van der Waals surface area contributed by atoms with E-state index in [4.69, 9.17) is 16.7 Å². The molecule has 0 saturated carbocycles. The zero-order valence-corrected chi connectivity index (χ0v) is 11.5. The third-order valence-electron chi connectivity index (χ3n) is 2.63. The van der Waals surface area contributed by atoms with Crippen molar-refractivity contribution in [3.63, 3.8) is 0 Å². The molecule has 0 fully saturated rings. The average molecular weight is 279 g/mol. The van der Waals surface area contributed by atoms with Gasteiger partial charge in [-0.1, -0.05) is 6.07 Å². The van der Waals surface area contributed by atoms with Gasteiger partial charge in [0.15, 0.2) is 0 Å². The predicted octanol–water partition coefficient (Wildman–Crippen LogP) is 1.17. The van der Waals surface area contributed by atoms with Crippen molar-refractivity contribution in [2.75, 3.05) is 4.90 Å². The van der Waals surface area contributed by atoms with Crippen molar-refractivity contribution in [1.82, 2.24) is 0 Å². The molecule has 0 atom stereocenters. The van der Waals surface area contributed by atoms with Crippen LogP contribution in [0.1, 0.15) is 19.4 Å². The van der Waals surface area contributed by atoms with E-state index >= 15 is 0 Å². The molecule has 0 saturated heterocycles. The molecule has 1 aromatic carbocycles. The molecule has 1 heterocycles. The molecule has 7 heteroatoms. The third-order valence-corrected chi connectivity index (χ3v) is 2.63. The number of halogens is 1. The quantitative estimate of drug-likeness (QED) is 0.804. The van der Waals surface area contributed by atoms with Crippen LogP contribution in [0.5, 0.6) is 0 Å². The molecule has 0 amide bonds. The van der Waals surface area contributed by atoms with Crippen LogP contribution in [0.3, 0.4) is 0 Å². The summed E-state index contributed by atoms with van der Waals surface area (Å²) in [5.41, 5.74) is 12.2. The fourth-order valence-corrected chi connectivity index (χ4v) is 1.97. The first-order valence-electron chi connectivity index (χ1n) is 5.44. The fourth-order valence-electron chi connectivity index (χ4n) is 1.97. The maximum atomic E-state index is 8.92. The summed E-state index contributed by atoms with van der Waals surface area (Å²) >= 11 is 0. The number of rotatable bonds is 1. The first-order valence-corrected chi connectivity index (χ1v) is 5.44. The van der Waals surface area contributed by atoms with Gasteiger partial charge in [-0.05, 0) is 32.0 Å². The van der Waals surface area contributed by atoms with Crippen LogP contribution in [0.15, 0.2) is 34.3 Å². The summed E-state index contributed by atoms with van der Waals surface area (Å²) in [5, 5.41) is 8.92. The Morgan fingerprint density at radius 3 is 2.58 bits per heavy atom. The van der Waals surface area contributed by atoms with E-state index in [0.717, 1.165) is 5.69 Å². The van der Waals surface area contributed by atoms with Gasteiger partial charge in [0, 0.05) is 5.69 Å². The van der Waals surface area contributed by atoms with E-state index < -0.39 is 5.66 Å². The maximum absolute atomic E-state index is 8.92. The Balaban J connectivity index is 0.00000180. The summed E-state index contributed by atoms with van der Waals surface area (Å²) in [4.78, 5) is 9.95. The average Bonchev–Trinajstić information content (AvgIpc) is 2.26. The van der Waals surface area contributed by atoms with Gasteiger partial charge in [-0.15, -0.1) is 12.4 Å². The van der Waals surface area contributed by atoms with E-state index in [9.17, 15) is 0 Å². The minimum absolute atomic E-state index is 0. The van der Waals surface area contributed by atoms with Gasteiger partial charge in [0.1, 0.15) is 5.66 Å². The molecule has 0 aromatic heterocycles. The molecule has 4 N–H and O–H groups in total. The van der Waals surface area contributed by atoms with Gasteiger partial charge in [0.05, 0.1) is 11.6 Å². The van der Waals surface area contributed by atoms with Crippen LogP contribution in [0.25, 0.3) is 0 Å². The Hall–Kier alpha value is -2.26. The molecule has 19 heavy (non-hydrogen) atoms. The van der Waals surface area contributed by atoms with Gasteiger partial charge in [0.2, 0.25) is 11.9 Å². The van der Waals surface area contributed by atoms with Gasteiger partial charge < -0.3 is 11.5 Å². The number of aliphatic imine (C=N–C) groups is 2. The zero-order valence-electron chi connectivity index (χ0n) is 10.7. The van der Waals surface area contributed by atoms with Gasteiger partial charge >= 0.3 is 0 Å². The highest BCUT2D eigenvalue weighted by Gasteiger charge is 2.32. The van der Waals surface area contributed by atoms with Crippen LogP contribution < -0.4 is 16.4 Å². The lowest BCUT2D eigenvalue weighted by Gasteiger charge is -2.38. The molecule has 0 aliphatic carbocycles. The normalized spacial score (nSPS) is 16.8. The Morgan fingerprint density at radius 2 is 2.00 bits per heavy atom. The molecule has 0 bridgehead atoms. The van der Waals surface area contributed by atoms with Crippen LogP contribution in [0.2, 0.25) is 0 Å². The summed E-state index contributed by atoms with van der Waals surface area (Å²) < 4.78 is 0. The first kappa shape index (κ1) is 14.8. The summed E-state index contributed by atoms with van der Waals surface area (Å²) in [7, 11) is 0. The molecule has 100 valence electrons. The molecule has 6 nitrogen and oxygen atoms in total. The lowest BCUT2D eigenvalue weighted by atomic mass is 10.1. The molecular weight excluding hydrogens is 264 g/mol. The van der Waals surface area contributed by atoms with E-state index in [1.54, 1.807) is 23.1 Å². The number of guanidine groups is 2. The lowest BCUT2D eigenvalue weighted by molar-refractivity contribution is 0.534. The summed E-state index contributed by atoms with van der Waals surface area (Å²) in [5.74, 6) is 0.424. The van der Waals surface area contributed by atoms with Crippen molar-refractivity contribution in [2.45, 2.75) is 19.5 Å². The van der Waals surface area contributed by atoms with E-state index in [2.05, 4.69) is 16.1 Å². The van der Waals surface area contributed by atoms with Crippen LogP contribution in [-0.4, -0.2) is 17.6 Å². The Morgan fingerprint density at radius 1 is 1.32 bits per heavy atom. The molecular formula is C12H15ClN6. The minimum Gasteiger partial charge on any atom is -0.369 e. The topological polar surface area (TPSA) is 104 Å². The molecule has 1 aromatic rings. The SMILES string of the molecule is CC1(C)N=C(N)N=C(N)N1c1cccc(C#N)c1.Cl. The fraction of sp³-hybridized carbons (Fsp3) is 0.250. The predicted molar refractivity (Wildman–Crippen MR) is 78.2 cm³/mol. The van der Waals surface area contributed by atoms with Gasteiger partial charge in [-0.3, -0.25) is 4.90 Å². The third kappa shape index (κ3) is 2.77. The van der Waals surface area contributed by atoms with Crippen molar-refractivity contribution in [3.8, 4) is 6.07 Å². The van der Waals surface area contributed by atoms with Crippen LogP contribution in [0, 0.1) is 11.3 Å². The Labute approximate surface area is 117 Å². The Kier molecular flexibility index (Phi) is 4.02. The highest BCUT2D eigenvalue weighted by molar-refractivity contribution is 6.05. The second-order valence-corrected chi connectivity index (χ2v) is 4.43. The van der Waals surface area contributed by atoms with Crippen molar-refractivity contribution >= 4 is 30.0 Å². The van der Waals surface area contributed by atoms with Crippen LogP contribution in [-0.2, 0) is 0 Å². The number of benzene rings is 1. The highest BCUT2D eigenvalue weighted by Crippen LogP contribution is 2.27. The van der Waals surface area contributed by atoms with Gasteiger partial charge in [-0.25, -0.2) is 4.99 Å².